The number of ether oxygens (including phenoxy) is 1. The van der Waals surface area contributed by atoms with Crippen molar-refractivity contribution in [1.82, 2.24) is 10.2 Å². The number of nitrogens with zero attached hydrogens (tertiary/aromatic N) is 1. The molecule has 1 rings (SSSR count). The van der Waals surface area contributed by atoms with Gasteiger partial charge in [0.2, 0.25) is 0 Å². The number of nitrogens with one attached hydrogen (secondary N) is 1. The van der Waals surface area contributed by atoms with Gasteiger partial charge in [0, 0.05) is 19.1 Å². The second-order valence-corrected chi connectivity index (χ2v) is 6.43. The first-order valence-electron chi connectivity index (χ1n) is 7.63. The van der Waals surface area contributed by atoms with E-state index in [1.807, 2.05) is 25.7 Å². The average Bonchev–Trinajstić information content (AvgIpc) is 2.75. The van der Waals surface area contributed by atoms with Crippen LogP contribution < -0.4 is 5.32 Å². The molecule has 1 saturated heterocycles. The Kier molecular flexibility index (Phi) is 6.63. The van der Waals surface area contributed by atoms with E-state index in [9.17, 15) is 4.79 Å². The summed E-state index contributed by atoms with van der Waals surface area (Å²) in [4.78, 5) is 13.7. The molecule has 1 fully saturated rings. The highest BCUT2D eigenvalue weighted by atomic mass is 16.6. The maximum Gasteiger partial charge on any atom is 0.410 e. The van der Waals surface area contributed by atoms with Crippen LogP contribution >= 0.6 is 0 Å². The van der Waals surface area contributed by atoms with Crippen LogP contribution in [0, 0.1) is 0 Å². The van der Waals surface area contributed by atoms with Crippen molar-refractivity contribution in [3.63, 3.8) is 0 Å². The van der Waals surface area contributed by atoms with Crippen molar-refractivity contribution < 1.29 is 9.53 Å². The Morgan fingerprint density at radius 2 is 2.05 bits per heavy atom. The Morgan fingerprint density at radius 3 is 2.68 bits per heavy atom. The molecule has 0 bridgehead atoms. The number of hydrogen-bond acceptors (Lipinski definition) is 3. The van der Waals surface area contributed by atoms with E-state index in [0.717, 1.165) is 26.1 Å². The Labute approximate surface area is 117 Å². The van der Waals surface area contributed by atoms with E-state index < -0.39 is 5.60 Å². The van der Waals surface area contributed by atoms with Crippen LogP contribution in [-0.4, -0.2) is 42.3 Å². The standard InChI is InChI=1S/C15H30N2O2/c1-5-6-7-8-10-16-13-9-11-17(12-13)14(18)19-15(2,3)4/h13,16H,5-12H2,1-4H3. The van der Waals surface area contributed by atoms with Crippen molar-refractivity contribution in [3.05, 3.63) is 0 Å². The Hall–Kier alpha value is -0.770. The van der Waals surface area contributed by atoms with Gasteiger partial charge in [-0.3, -0.25) is 0 Å². The molecular formula is C15H30N2O2. The van der Waals surface area contributed by atoms with Crippen LogP contribution in [0.3, 0.4) is 0 Å². The fourth-order valence-corrected chi connectivity index (χ4v) is 2.28. The normalized spacial score (nSPS) is 19.8. The highest BCUT2D eigenvalue weighted by Gasteiger charge is 2.29. The van der Waals surface area contributed by atoms with Gasteiger partial charge in [0.05, 0.1) is 0 Å². The lowest BCUT2D eigenvalue weighted by Crippen LogP contribution is -2.38. The Morgan fingerprint density at radius 1 is 1.32 bits per heavy atom. The third-order valence-corrected chi connectivity index (χ3v) is 3.30. The molecule has 0 radical (unpaired) electrons. The quantitative estimate of drug-likeness (QED) is 0.754. The van der Waals surface area contributed by atoms with Crippen LogP contribution in [0.1, 0.15) is 59.8 Å². The molecule has 0 aliphatic carbocycles. The SMILES string of the molecule is CCCCCCNC1CCN(C(=O)OC(C)(C)C)C1. The minimum atomic E-state index is -0.400. The molecule has 0 spiro atoms. The van der Waals surface area contributed by atoms with Gasteiger partial charge in [-0.15, -0.1) is 0 Å². The number of rotatable bonds is 6. The molecule has 1 heterocycles. The molecule has 1 aliphatic heterocycles. The zero-order valence-corrected chi connectivity index (χ0v) is 13.0. The van der Waals surface area contributed by atoms with E-state index in [2.05, 4.69) is 12.2 Å². The predicted octanol–water partition coefficient (Wildman–Crippen LogP) is 3.17. The molecule has 1 amide bonds. The van der Waals surface area contributed by atoms with Crippen molar-refractivity contribution in [2.24, 2.45) is 0 Å². The van der Waals surface area contributed by atoms with Gasteiger partial charge in [0.1, 0.15) is 5.60 Å². The average molecular weight is 270 g/mol. The molecule has 4 nitrogen and oxygen atoms in total. The smallest absolute Gasteiger partial charge is 0.410 e. The van der Waals surface area contributed by atoms with Gasteiger partial charge in [0.25, 0.3) is 0 Å². The lowest BCUT2D eigenvalue weighted by atomic mass is 10.2. The van der Waals surface area contributed by atoms with E-state index >= 15 is 0 Å². The van der Waals surface area contributed by atoms with Crippen LogP contribution in [0.15, 0.2) is 0 Å². The molecule has 1 aliphatic rings. The number of hydrogen-bond donors (Lipinski definition) is 1. The van der Waals surface area contributed by atoms with E-state index in [0.29, 0.717) is 6.04 Å². The maximum absolute atomic E-state index is 11.9. The Bertz CT molecular complexity index is 274. The lowest BCUT2D eigenvalue weighted by Gasteiger charge is -2.24. The molecule has 1 N–H and O–H groups in total. The van der Waals surface area contributed by atoms with Crippen LogP contribution in [0.5, 0.6) is 0 Å². The first kappa shape index (κ1) is 16.3. The molecule has 0 saturated carbocycles. The summed E-state index contributed by atoms with van der Waals surface area (Å²) in [5.41, 5.74) is -0.400. The molecule has 1 unspecified atom stereocenters. The topological polar surface area (TPSA) is 41.6 Å². The van der Waals surface area contributed by atoms with Gasteiger partial charge in [-0.25, -0.2) is 4.79 Å². The highest BCUT2D eigenvalue weighted by molar-refractivity contribution is 5.68. The van der Waals surface area contributed by atoms with E-state index in [1.54, 1.807) is 0 Å². The van der Waals surface area contributed by atoms with E-state index in [1.165, 1.54) is 25.7 Å². The minimum absolute atomic E-state index is 0.178. The van der Waals surface area contributed by atoms with Crippen molar-refractivity contribution in [3.8, 4) is 0 Å². The second-order valence-electron chi connectivity index (χ2n) is 6.43. The maximum atomic E-state index is 11.9. The summed E-state index contributed by atoms with van der Waals surface area (Å²) in [7, 11) is 0. The first-order chi connectivity index (χ1) is 8.92. The summed E-state index contributed by atoms with van der Waals surface area (Å²) < 4.78 is 5.39. The first-order valence-corrected chi connectivity index (χ1v) is 7.63. The van der Waals surface area contributed by atoms with Crippen LogP contribution in [0.4, 0.5) is 4.79 Å². The molecule has 0 aromatic rings. The summed E-state index contributed by atoms with van der Waals surface area (Å²) in [6.45, 7) is 10.6. The molecular weight excluding hydrogens is 240 g/mol. The third-order valence-electron chi connectivity index (χ3n) is 3.30. The van der Waals surface area contributed by atoms with E-state index in [-0.39, 0.29) is 6.09 Å². The third kappa shape index (κ3) is 6.81. The van der Waals surface area contributed by atoms with Crippen molar-refractivity contribution in [2.45, 2.75) is 71.4 Å². The summed E-state index contributed by atoms with van der Waals surface area (Å²) in [5, 5.41) is 3.54. The van der Waals surface area contributed by atoms with Crippen molar-refractivity contribution in [1.29, 1.82) is 0 Å². The molecule has 4 heteroatoms. The molecule has 0 aromatic heterocycles. The zero-order valence-electron chi connectivity index (χ0n) is 13.0. The second kappa shape index (κ2) is 7.73. The number of amides is 1. The van der Waals surface area contributed by atoms with Crippen molar-refractivity contribution in [2.75, 3.05) is 19.6 Å². The van der Waals surface area contributed by atoms with Gasteiger partial charge < -0.3 is 15.0 Å². The summed E-state index contributed by atoms with van der Waals surface area (Å²) >= 11 is 0. The molecule has 19 heavy (non-hydrogen) atoms. The van der Waals surface area contributed by atoms with Crippen LogP contribution in [-0.2, 0) is 4.74 Å². The molecule has 1 atom stereocenters. The fourth-order valence-electron chi connectivity index (χ4n) is 2.28. The number of unbranched alkanes of at least 4 members (excludes halogenated alkanes) is 3. The van der Waals surface area contributed by atoms with Gasteiger partial charge in [-0.1, -0.05) is 26.2 Å². The monoisotopic (exact) mass is 270 g/mol. The highest BCUT2D eigenvalue weighted by Crippen LogP contribution is 2.15. The lowest BCUT2D eigenvalue weighted by molar-refractivity contribution is 0.0291. The fraction of sp³-hybridized carbons (Fsp3) is 0.933. The molecule has 0 aromatic carbocycles. The molecule has 112 valence electrons. The van der Waals surface area contributed by atoms with Gasteiger partial charge in [-0.05, 0) is 40.2 Å². The van der Waals surface area contributed by atoms with Gasteiger partial charge in [-0.2, -0.15) is 0 Å². The number of carbonyl (C=O) groups is 1. The largest absolute Gasteiger partial charge is 0.444 e. The number of carbonyl (C=O) groups excluding carboxylic acids is 1. The summed E-state index contributed by atoms with van der Waals surface area (Å²) in [6, 6.07) is 0.439. The summed E-state index contributed by atoms with van der Waals surface area (Å²) in [6.07, 6.45) is 5.98. The van der Waals surface area contributed by atoms with Crippen molar-refractivity contribution >= 4 is 6.09 Å². The van der Waals surface area contributed by atoms with E-state index in [4.69, 9.17) is 4.74 Å². The Balaban J connectivity index is 2.17. The van der Waals surface area contributed by atoms with Crippen LogP contribution in [0.2, 0.25) is 0 Å². The van der Waals surface area contributed by atoms with Crippen LogP contribution in [0.25, 0.3) is 0 Å². The van der Waals surface area contributed by atoms with Gasteiger partial charge in [0.15, 0.2) is 0 Å². The summed E-state index contributed by atoms with van der Waals surface area (Å²) in [5.74, 6) is 0. The predicted molar refractivity (Wildman–Crippen MR) is 78.4 cm³/mol. The minimum Gasteiger partial charge on any atom is -0.444 e. The number of likely N-dealkylation sites (tertiary alicyclic amines) is 1. The zero-order chi connectivity index (χ0) is 14.3. The van der Waals surface area contributed by atoms with Gasteiger partial charge >= 0.3 is 6.09 Å².